The molecule has 1 aliphatic rings. The highest BCUT2D eigenvalue weighted by atomic mass is 16.2. The number of amides is 2. The molecule has 2 rings (SSSR count). The Morgan fingerprint density at radius 1 is 1.28 bits per heavy atom. The van der Waals surface area contributed by atoms with Gasteiger partial charge in [0.25, 0.3) is 0 Å². The summed E-state index contributed by atoms with van der Waals surface area (Å²) in [6.45, 7) is 0. The maximum Gasteiger partial charge on any atom is 0.230 e. The van der Waals surface area contributed by atoms with E-state index in [1.807, 2.05) is 12.1 Å². The van der Waals surface area contributed by atoms with Gasteiger partial charge in [-0.05, 0) is 37.0 Å². The van der Waals surface area contributed by atoms with E-state index in [0.29, 0.717) is 24.2 Å². The number of carbonyl (C=O) groups is 2. The van der Waals surface area contributed by atoms with Crippen LogP contribution in [0.25, 0.3) is 0 Å². The van der Waals surface area contributed by atoms with E-state index >= 15 is 0 Å². The molecule has 1 aliphatic heterocycles. The fraction of sp³-hybridized carbons (Fsp3) is 0.385. The van der Waals surface area contributed by atoms with Crippen molar-refractivity contribution in [2.75, 3.05) is 11.5 Å². The van der Waals surface area contributed by atoms with Crippen LogP contribution in [0, 0.1) is 5.92 Å². The van der Waals surface area contributed by atoms with Gasteiger partial charge in [-0.3, -0.25) is 14.9 Å². The van der Waals surface area contributed by atoms with Crippen LogP contribution in [0.15, 0.2) is 18.2 Å². The van der Waals surface area contributed by atoms with Gasteiger partial charge in [0, 0.05) is 23.7 Å². The highest BCUT2D eigenvalue weighted by Gasteiger charge is 2.29. The Morgan fingerprint density at radius 3 is 2.67 bits per heavy atom. The molecule has 0 radical (unpaired) electrons. The quantitative estimate of drug-likeness (QED) is 0.542. The smallest absolute Gasteiger partial charge is 0.230 e. The van der Waals surface area contributed by atoms with Crippen LogP contribution in [0.5, 0.6) is 0 Å². The molecular weight excluding hydrogens is 230 g/mol. The van der Waals surface area contributed by atoms with Crippen molar-refractivity contribution in [2.24, 2.45) is 5.92 Å². The Labute approximate surface area is 106 Å². The highest BCUT2D eigenvalue weighted by molar-refractivity contribution is 6.03. The zero-order valence-electron chi connectivity index (χ0n) is 10.1. The first-order chi connectivity index (χ1) is 8.56. The van der Waals surface area contributed by atoms with E-state index < -0.39 is 0 Å². The summed E-state index contributed by atoms with van der Waals surface area (Å²) < 4.78 is 0. The molecule has 1 fully saturated rings. The average molecular weight is 247 g/mol. The first-order valence-electron chi connectivity index (χ1n) is 6.04. The number of carbonyl (C=O) groups excluding carboxylic acids is 2. The lowest BCUT2D eigenvalue weighted by Gasteiger charge is -2.08. The van der Waals surface area contributed by atoms with Crippen molar-refractivity contribution < 1.29 is 9.59 Å². The second-order valence-corrected chi connectivity index (χ2v) is 4.66. The molecule has 96 valence electrons. The zero-order valence-corrected chi connectivity index (χ0v) is 10.1. The molecule has 1 unspecified atom stereocenters. The molecule has 5 heteroatoms. The molecule has 0 bridgehead atoms. The van der Waals surface area contributed by atoms with E-state index in [4.69, 9.17) is 11.5 Å². The molecule has 1 heterocycles. The minimum absolute atomic E-state index is 0.148. The standard InChI is InChI=1S/C13H17N3O2/c14-10-5-4-8(11(15)7-10)2-1-3-9-6-12(17)16-13(9)18/h4-5,7,9H,1-3,6,14-15H2,(H,16,17,18). The predicted octanol–water partition coefficient (Wildman–Crippen LogP) is 0.836. The number of hydrogen-bond donors (Lipinski definition) is 3. The fourth-order valence-corrected chi connectivity index (χ4v) is 2.22. The van der Waals surface area contributed by atoms with Crippen molar-refractivity contribution in [1.29, 1.82) is 0 Å². The van der Waals surface area contributed by atoms with Crippen LogP contribution in [0.1, 0.15) is 24.8 Å². The van der Waals surface area contributed by atoms with Gasteiger partial charge in [-0.25, -0.2) is 0 Å². The summed E-state index contributed by atoms with van der Waals surface area (Å²) in [5.74, 6) is -0.491. The van der Waals surface area contributed by atoms with Crippen LogP contribution in [-0.2, 0) is 16.0 Å². The van der Waals surface area contributed by atoms with Gasteiger partial charge in [-0.1, -0.05) is 6.07 Å². The number of benzene rings is 1. The van der Waals surface area contributed by atoms with Crippen molar-refractivity contribution in [1.82, 2.24) is 5.32 Å². The van der Waals surface area contributed by atoms with Gasteiger partial charge >= 0.3 is 0 Å². The normalized spacial score (nSPS) is 19.0. The molecule has 1 aromatic rings. The first-order valence-corrected chi connectivity index (χ1v) is 6.04. The highest BCUT2D eigenvalue weighted by Crippen LogP contribution is 2.21. The summed E-state index contributed by atoms with van der Waals surface area (Å²) in [5.41, 5.74) is 13.8. The number of nitrogen functional groups attached to an aromatic ring is 2. The Balaban J connectivity index is 1.85. The third-order valence-electron chi connectivity index (χ3n) is 3.23. The molecule has 0 spiro atoms. The molecule has 5 N–H and O–H groups in total. The Morgan fingerprint density at radius 2 is 2.06 bits per heavy atom. The summed E-state index contributed by atoms with van der Waals surface area (Å²) in [4.78, 5) is 22.4. The first kappa shape index (κ1) is 12.4. The summed E-state index contributed by atoms with van der Waals surface area (Å²) >= 11 is 0. The molecule has 1 atom stereocenters. The lowest BCUT2D eigenvalue weighted by Crippen LogP contribution is -2.22. The summed E-state index contributed by atoms with van der Waals surface area (Å²) in [7, 11) is 0. The monoisotopic (exact) mass is 247 g/mol. The summed E-state index contributed by atoms with van der Waals surface area (Å²) in [6, 6.07) is 5.46. The van der Waals surface area contributed by atoms with Gasteiger partial charge in [-0.15, -0.1) is 0 Å². The molecule has 2 amide bonds. The van der Waals surface area contributed by atoms with Gasteiger partial charge in [0.05, 0.1) is 0 Å². The second kappa shape index (κ2) is 5.08. The fourth-order valence-electron chi connectivity index (χ4n) is 2.22. The number of nitrogens with one attached hydrogen (secondary N) is 1. The van der Waals surface area contributed by atoms with Crippen LogP contribution >= 0.6 is 0 Å². The lowest BCUT2D eigenvalue weighted by molar-refractivity contribution is -0.125. The molecule has 0 aliphatic carbocycles. The van der Waals surface area contributed by atoms with Crippen molar-refractivity contribution in [3.63, 3.8) is 0 Å². The number of anilines is 2. The largest absolute Gasteiger partial charge is 0.399 e. The third-order valence-corrected chi connectivity index (χ3v) is 3.23. The lowest BCUT2D eigenvalue weighted by atomic mass is 9.97. The van der Waals surface area contributed by atoms with Gasteiger partial charge in [0.2, 0.25) is 11.8 Å². The van der Waals surface area contributed by atoms with Crippen LogP contribution < -0.4 is 16.8 Å². The maximum atomic E-state index is 11.4. The Hall–Kier alpha value is -2.04. The third kappa shape index (κ3) is 2.80. The van der Waals surface area contributed by atoms with E-state index in [9.17, 15) is 9.59 Å². The molecule has 1 saturated heterocycles. The van der Waals surface area contributed by atoms with Crippen LogP contribution in [-0.4, -0.2) is 11.8 Å². The van der Waals surface area contributed by atoms with Crippen molar-refractivity contribution in [2.45, 2.75) is 25.7 Å². The predicted molar refractivity (Wildman–Crippen MR) is 69.5 cm³/mol. The van der Waals surface area contributed by atoms with Gasteiger partial charge in [0.1, 0.15) is 0 Å². The van der Waals surface area contributed by atoms with E-state index in [0.717, 1.165) is 18.4 Å². The van der Waals surface area contributed by atoms with Crippen LogP contribution in [0.4, 0.5) is 11.4 Å². The molecule has 1 aromatic carbocycles. The number of rotatable bonds is 4. The van der Waals surface area contributed by atoms with Crippen molar-refractivity contribution >= 4 is 23.2 Å². The van der Waals surface area contributed by atoms with E-state index in [1.54, 1.807) is 6.07 Å². The number of aryl methyl sites for hydroxylation is 1. The second-order valence-electron chi connectivity index (χ2n) is 4.66. The topological polar surface area (TPSA) is 98.2 Å². The number of imide groups is 1. The van der Waals surface area contributed by atoms with Crippen molar-refractivity contribution in [3.8, 4) is 0 Å². The SMILES string of the molecule is Nc1ccc(CCCC2CC(=O)NC2=O)c(N)c1. The van der Waals surface area contributed by atoms with Gasteiger partial charge < -0.3 is 11.5 Å². The molecule has 0 saturated carbocycles. The van der Waals surface area contributed by atoms with Crippen LogP contribution in [0.2, 0.25) is 0 Å². The molecule has 0 aromatic heterocycles. The van der Waals surface area contributed by atoms with E-state index in [2.05, 4.69) is 5.32 Å². The Kier molecular flexibility index (Phi) is 3.50. The summed E-state index contributed by atoms with van der Waals surface area (Å²) in [6.07, 6.45) is 2.65. The van der Waals surface area contributed by atoms with Gasteiger partial charge in [0.15, 0.2) is 0 Å². The average Bonchev–Trinajstić information content (AvgIpc) is 2.61. The molecular formula is C13H17N3O2. The minimum atomic E-state index is -0.174. The molecule has 18 heavy (non-hydrogen) atoms. The number of nitrogens with two attached hydrogens (primary N) is 2. The van der Waals surface area contributed by atoms with E-state index in [-0.39, 0.29) is 17.7 Å². The maximum absolute atomic E-state index is 11.4. The molecule has 5 nitrogen and oxygen atoms in total. The number of hydrogen-bond acceptors (Lipinski definition) is 4. The minimum Gasteiger partial charge on any atom is -0.399 e. The van der Waals surface area contributed by atoms with Gasteiger partial charge in [-0.2, -0.15) is 0 Å². The Bertz CT molecular complexity index is 485. The summed E-state index contributed by atoms with van der Waals surface area (Å²) in [5, 5.41) is 2.32. The van der Waals surface area contributed by atoms with Crippen LogP contribution in [0.3, 0.4) is 0 Å². The zero-order chi connectivity index (χ0) is 13.1. The van der Waals surface area contributed by atoms with E-state index in [1.165, 1.54) is 0 Å². The van der Waals surface area contributed by atoms with Crippen molar-refractivity contribution in [3.05, 3.63) is 23.8 Å².